The van der Waals surface area contributed by atoms with Crippen LogP contribution >= 0.6 is 0 Å². The van der Waals surface area contributed by atoms with Crippen molar-refractivity contribution in [3.8, 4) is 6.07 Å². The molecule has 0 heterocycles. The molecular formula is C13H13FN2. The lowest BCUT2D eigenvalue weighted by Crippen LogP contribution is -2.40. The summed E-state index contributed by atoms with van der Waals surface area (Å²) in [5, 5.41) is 12.8. The monoisotopic (exact) mass is 216 g/mol. The van der Waals surface area contributed by atoms with E-state index in [0.29, 0.717) is 18.9 Å². The maximum atomic E-state index is 13.6. The lowest BCUT2D eigenvalue weighted by molar-refractivity contribution is 0.421. The van der Waals surface area contributed by atoms with E-state index in [4.69, 9.17) is 0 Å². The predicted molar refractivity (Wildman–Crippen MR) is 58.2 cm³/mol. The van der Waals surface area contributed by atoms with Crippen molar-refractivity contribution in [2.75, 3.05) is 0 Å². The lowest BCUT2D eigenvalue weighted by atomic mass is 9.93. The fourth-order valence-electron chi connectivity index (χ4n) is 2.53. The van der Waals surface area contributed by atoms with Gasteiger partial charge in [0.05, 0.1) is 6.07 Å². The number of halogens is 1. The van der Waals surface area contributed by atoms with Gasteiger partial charge in [0.1, 0.15) is 11.4 Å². The number of rotatable bonds is 2. The Balaban J connectivity index is 2.05. The van der Waals surface area contributed by atoms with Gasteiger partial charge < -0.3 is 0 Å². The number of fused-ring (bicyclic) bond motifs is 1. The highest BCUT2D eigenvalue weighted by molar-refractivity contribution is 5.44. The van der Waals surface area contributed by atoms with Crippen LogP contribution in [0.1, 0.15) is 30.4 Å². The fourth-order valence-corrected chi connectivity index (χ4v) is 2.53. The molecule has 2 aliphatic rings. The van der Waals surface area contributed by atoms with E-state index >= 15 is 0 Å². The van der Waals surface area contributed by atoms with Crippen molar-refractivity contribution >= 4 is 0 Å². The number of hydrogen-bond acceptors (Lipinski definition) is 2. The Hall–Kier alpha value is -1.40. The summed E-state index contributed by atoms with van der Waals surface area (Å²) in [4.78, 5) is 0. The molecule has 1 fully saturated rings. The molecule has 0 aliphatic heterocycles. The highest BCUT2D eigenvalue weighted by Gasteiger charge is 2.43. The van der Waals surface area contributed by atoms with Crippen LogP contribution in [-0.4, -0.2) is 6.04 Å². The molecule has 0 bridgehead atoms. The quantitative estimate of drug-likeness (QED) is 0.823. The number of hydrogen-bond donors (Lipinski definition) is 1. The zero-order valence-electron chi connectivity index (χ0n) is 8.96. The van der Waals surface area contributed by atoms with Gasteiger partial charge in [-0.3, -0.25) is 5.32 Å². The van der Waals surface area contributed by atoms with E-state index in [9.17, 15) is 9.65 Å². The predicted octanol–water partition coefficient (Wildman–Crippen LogP) is 2.24. The minimum atomic E-state index is -0.640. The van der Waals surface area contributed by atoms with E-state index < -0.39 is 5.54 Å². The Morgan fingerprint density at radius 3 is 2.94 bits per heavy atom. The largest absolute Gasteiger partial charge is 0.293 e. The van der Waals surface area contributed by atoms with Crippen LogP contribution in [0.4, 0.5) is 4.39 Å². The van der Waals surface area contributed by atoms with Gasteiger partial charge in [-0.1, -0.05) is 12.1 Å². The molecule has 1 aromatic rings. The molecule has 3 rings (SSSR count). The fraction of sp³-hybridized carbons (Fsp3) is 0.462. The first-order valence-electron chi connectivity index (χ1n) is 5.72. The minimum absolute atomic E-state index is 0.174. The van der Waals surface area contributed by atoms with Gasteiger partial charge in [-0.15, -0.1) is 0 Å². The number of benzene rings is 1. The summed E-state index contributed by atoms with van der Waals surface area (Å²) in [6.45, 7) is 0. The molecule has 1 aromatic carbocycles. The molecule has 0 spiro atoms. The standard InChI is InChI=1S/C13H13FN2/c14-12-3-1-2-11-10(12)6-7-13(11,8-15)16-9-4-5-9/h1-3,9,16H,4-7H2. The van der Waals surface area contributed by atoms with Crippen LogP contribution in [0.2, 0.25) is 0 Å². The summed E-state index contributed by atoms with van der Waals surface area (Å²) in [6, 6.07) is 7.86. The maximum absolute atomic E-state index is 13.6. The summed E-state index contributed by atoms with van der Waals surface area (Å²) < 4.78 is 13.6. The maximum Gasteiger partial charge on any atom is 0.133 e. The first kappa shape index (κ1) is 9.80. The van der Waals surface area contributed by atoms with Crippen molar-refractivity contribution < 1.29 is 4.39 Å². The Morgan fingerprint density at radius 1 is 1.44 bits per heavy atom. The summed E-state index contributed by atoms with van der Waals surface area (Å²) in [6.07, 6.45) is 3.62. The van der Waals surface area contributed by atoms with Gasteiger partial charge in [-0.25, -0.2) is 4.39 Å². The second-order valence-electron chi connectivity index (χ2n) is 4.70. The molecule has 0 saturated heterocycles. The molecule has 1 atom stereocenters. The van der Waals surface area contributed by atoms with Crippen LogP contribution in [0.3, 0.4) is 0 Å². The normalized spacial score (nSPS) is 27.5. The molecule has 1 saturated carbocycles. The zero-order valence-corrected chi connectivity index (χ0v) is 8.96. The number of nitriles is 1. The highest BCUT2D eigenvalue weighted by atomic mass is 19.1. The first-order chi connectivity index (χ1) is 7.75. The molecule has 82 valence electrons. The number of nitrogens with one attached hydrogen (secondary N) is 1. The molecule has 3 heteroatoms. The molecule has 0 amide bonds. The molecule has 16 heavy (non-hydrogen) atoms. The lowest BCUT2D eigenvalue weighted by Gasteiger charge is -2.23. The van der Waals surface area contributed by atoms with Crippen molar-refractivity contribution in [1.82, 2.24) is 5.32 Å². The van der Waals surface area contributed by atoms with Crippen LogP contribution in [-0.2, 0) is 12.0 Å². The van der Waals surface area contributed by atoms with E-state index in [1.165, 1.54) is 6.07 Å². The summed E-state index contributed by atoms with van der Waals surface area (Å²) in [5.41, 5.74) is 0.928. The van der Waals surface area contributed by atoms with Crippen LogP contribution < -0.4 is 5.32 Å². The van der Waals surface area contributed by atoms with E-state index in [0.717, 1.165) is 24.0 Å². The van der Waals surface area contributed by atoms with E-state index in [1.807, 2.05) is 6.07 Å². The second-order valence-corrected chi connectivity index (χ2v) is 4.70. The molecule has 0 aromatic heterocycles. The van der Waals surface area contributed by atoms with E-state index in [-0.39, 0.29) is 5.82 Å². The topological polar surface area (TPSA) is 35.8 Å². The minimum Gasteiger partial charge on any atom is -0.293 e. The Labute approximate surface area is 94.1 Å². The van der Waals surface area contributed by atoms with Gasteiger partial charge in [0.15, 0.2) is 0 Å². The molecule has 2 aliphatic carbocycles. The third-order valence-electron chi connectivity index (χ3n) is 3.55. The average Bonchev–Trinajstić information content (AvgIpc) is 3.01. The third kappa shape index (κ3) is 1.34. The van der Waals surface area contributed by atoms with Crippen molar-refractivity contribution in [2.45, 2.75) is 37.3 Å². The van der Waals surface area contributed by atoms with Crippen LogP contribution in [0, 0.1) is 17.1 Å². The number of nitrogens with zero attached hydrogens (tertiary/aromatic N) is 1. The van der Waals surface area contributed by atoms with E-state index in [1.54, 1.807) is 6.07 Å². The van der Waals surface area contributed by atoms with Crippen molar-refractivity contribution in [1.29, 1.82) is 5.26 Å². The van der Waals surface area contributed by atoms with Gasteiger partial charge in [-0.05, 0) is 42.9 Å². The molecule has 1 N–H and O–H groups in total. The Morgan fingerprint density at radius 2 is 2.25 bits per heavy atom. The van der Waals surface area contributed by atoms with E-state index in [2.05, 4.69) is 11.4 Å². The highest BCUT2D eigenvalue weighted by Crippen LogP contribution is 2.40. The summed E-state index contributed by atoms with van der Waals surface area (Å²) >= 11 is 0. The van der Waals surface area contributed by atoms with Gasteiger partial charge in [0, 0.05) is 6.04 Å². The average molecular weight is 216 g/mol. The van der Waals surface area contributed by atoms with Crippen LogP contribution in [0.25, 0.3) is 0 Å². The molecule has 0 radical (unpaired) electrons. The van der Waals surface area contributed by atoms with Crippen molar-refractivity contribution in [2.24, 2.45) is 0 Å². The second kappa shape index (κ2) is 3.29. The smallest absolute Gasteiger partial charge is 0.133 e. The van der Waals surface area contributed by atoms with Crippen LogP contribution in [0.5, 0.6) is 0 Å². The van der Waals surface area contributed by atoms with Gasteiger partial charge >= 0.3 is 0 Å². The first-order valence-corrected chi connectivity index (χ1v) is 5.72. The van der Waals surface area contributed by atoms with Crippen molar-refractivity contribution in [3.63, 3.8) is 0 Å². The van der Waals surface area contributed by atoms with Gasteiger partial charge in [0.2, 0.25) is 0 Å². The molecule has 2 nitrogen and oxygen atoms in total. The zero-order chi connectivity index (χ0) is 11.2. The van der Waals surface area contributed by atoms with Crippen molar-refractivity contribution in [3.05, 3.63) is 35.1 Å². The molecular weight excluding hydrogens is 203 g/mol. The van der Waals surface area contributed by atoms with Gasteiger partial charge in [0.25, 0.3) is 0 Å². The third-order valence-corrected chi connectivity index (χ3v) is 3.55. The van der Waals surface area contributed by atoms with Gasteiger partial charge in [-0.2, -0.15) is 5.26 Å². The Bertz CT molecular complexity index is 473. The SMILES string of the molecule is N#CC1(NC2CC2)CCc2c(F)cccc21. The molecule has 1 unspecified atom stereocenters. The Kier molecular flexibility index (Phi) is 2.02. The van der Waals surface area contributed by atoms with Crippen LogP contribution in [0.15, 0.2) is 18.2 Å². The summed E-state index contributed by atoms with van der Waals surface area (Å²) in [7, 11) is 0. The summed E-state index contributed by atoms with van der Waals surface area (Å²) in [5.74, 6) is -0.174.